The van der Waals surface area contributed by atoms with Crippen LogP contribution in [0.15, 0.2) is 42.5 Å². The van der Waals surface area contributed by atoms with Gasteiger partial charge in [-0.2, -0.15) is 0 Å². The lowest BCUT2D eigenvalue weighted by molar-refractivity contribution is 0.160. The van der Waals surface area contributed by atoms with E-state index in [0.717, 1.165) is 18.9 Å². The van der Waals surface area contributed by atoms with Crippen LogP contribution in [-0.4, -0.2) is 18.3 Å². The van der Waals surface area contributed by atoms with E-state index in [1.807, 2.05) is 6.92 Å². The lowest BCUT2D eigenvalue weighted by Gasteiger charge is -2.29. The van der Waals surface area contributed by atoms with Gasteiger partial charge in [0, 0.05) is 28.3 Å². The van der Waals surface area contributed by atoms with Gasteiger partial charge in [0.25, 0.3) is 0 Å². The van der Waals surface area contributed by atoms with E-state index >= 15 is 0 Å². The predicted molar refractivity (Wildman–Crippen MR) is 137 cm³/mol. The van der Waals surface area contributed by atoms with Crippen LogP contribution in [0.1, 0.15) is 80.3 Å². The number of hydrogen-bond acceptors (Lipinski definition) is 3. The summed E-state index contributed by atoms with van der Waals surface area (Å²) in [7, 11) is 0. The molecule has 0 aromatic heterocycles. The van der Waals surface area contributed by atoms with E-state index in [1.165, 1.54) is 30.3 Å². The third kappa shape index (κ3) is 5.82. The van der Waals surface area contributed by atoms with Crippen LogP contribution in [0.5, 0.6) is 5.75 Å². The molecule has 2 fully saturated rings. The molecule has 0 radical (unpaired) electrons. The Morgan fingerprint density at radius 2 is 1.51 bits per heavy atom. The Bertz CT molecular complexity index is 1330. The van der Waals surface area contributed by atoms with E-state index in [9.17, 15) is 27.1 Å². The van der Waals surface area contributed by atoms with E-state index in [0.29, 0.717) is 44.5 Å². The molecule has 3 nitrogen and oxygen atoms in total. The van der Waals surface area contributed by atoms with Crippen molar-refractivity contribution in [1.82, 2.24) is 0 Å². The van der Waals surface area contributed by atoms with Gasteiger partial charge in [0.1, 0.15) is 17.7 Å². The molecule has 1 saturated carbocycles. The first kappa shape index (κ1) is 27.6. The topological polar surface area (TPSA) is 42.0 Å². The average Bonchev–Trinajstić information content (AvgIpc) is 3.77. The predicted octanol–water partition coefficient (Wildman–Crippen LogP) is 8.31. The highest BCUT2D eigenvalue weighted by Gasteiger charge is 2.31. The van der Waals surface area contributed by atoms with Crippen molar-refractivity contribution in [2.45, 2.75) is 63.6 Å². The zero-order valence-electron chi connectivity index (χ0n) is 21.7. The molecule has 39 heavy (non-hydrogen) atoms. The summed E-state index contributed by atoms with van der Waals surface area (Å²) in [5.41, 5.74) is 0.220. The minimum atomic E-state index is -1.12. The van der Waals surface area contributed by atoms with Gasteiger partial charge in [-0.3, -0.25) is 0 Å². The number of benzene rings is 3. The fourth-order valence-electron chi connectivity index (χ4n) is 5.49. The lowest BCUT2D eigenvalue weighted by Crippen LogP contribution is -2.20. The molecule has 1 aliphatic carbocycles. The van der Waals surface area contributed by atoms with Crippen molar-refractivity contribution < 1.29 is 36.5 Å². The second kappa shape index (κ2) is 11.6. The van der Waals surface area contributed by atoms with Gasteiger partial charge in [-0.05, 0) is 61.6 Å². The average molecular weight is 547 g/mol. The summed E-state index contributed by atoms with van der Waals surface area (Å²) in [6, 6.07) is 9.87. The Morgan fingerprint density at radius 3 is 2.18 bits per heavy atom. The molecule has 1 heterocycles. The van der Waals surface area contributed by atoms with Crippen LogP contribution in [0.4, 0.5) is 22.0 Å². The molecule has 1 aliphatic heterocycles. The number of ether oxygens (including phenoxy) is 2. The van der Waals surface area contributed by atoms with Crippen LogP contribution < -0.4 is 4.74 Å². The van der Waals surface area contributed by atoms with Crippen LogP contribution in [0.3, 0.4) is 0 Å². The van der Waals surface area contributed by atoms with Crippen molar-refractivity contribution >= 4 is 0 Å². The summed E-state index contributed by atoms with van der Waals surface area (Å²) in [5.74, 6) is -4.42. The van der Waals surface area contributed by atoms with E-state index in [2.05, 4.69) is 0 Å². The first-order valence-electron chi connectivity index (χ1n) is 13.5. The smallest absolute Gasteiger partial charge is 0.167 e. The summed E-state index contributed by atoms with van der Waals surface area (Å²) in [5, 5.41) is 10.1. The van der Waals surface area contributed by atoms with Crippen LogP contribution in [0.25, 0.3) is 11.1 Å². The molecule has 0 bridgehead atoms. The molecule has 208 valence electrons. The van der Waals surface area contributed by atoms with Gasteiger partial charge in [-0.15, -0.1) is 0 Å². The first-order chi connectivity index (χ1) is 18.8. The maximum Gasteiger partial charge on any atom is 0.167 e. The van der Waals surface area contributed by atoms with Crippen molar-refractivity contribution in [3.05, 3.63) is 88.2 Å². The van der Waals surface area contributed by atoms with Gasteiger partial charge >= 0.3 is 0 Å². The molecule has 8 heteroatoms. The third-order valence-electron chi connectivity index (χ3n) is 7.86. The molecule has 1 N–H and O–H groups in total. The molecule has 0 amide bonds. The summed E-state index contributed by atoms with van der Waals surface area (Å²) in [6.45, 7) is 2.53. The second-order valence-corrected chi connectivity index (χ2v) is 10.5. The molecule has 3 aromatic rings. The van der Waals surface area contributed by atoms with Crippen LogP contribution in [-0.2, 0) is 4.74 Å². The standard InChI is InChI=1S/C31H31F5O3/c1-2-3-26(37)23-12-10-20(28(33)30(23)35)18-6-4-17(5-7-18)15-38-19-8-9-21(25(32)14-19)22-11-13-24(27-16-39-27)31(36)29(22)34/h8-14,17-18,26-27,37H,2-7,15-16H2,1H3. The van der Waals surface area contributed by atoms with Crippen molar-refractivity contribution in [2.24, 2.45) is 5.92 Å². The zero-order valence-corrected chi connectivity index (χ0v) is 21.7. The molecular formula is C31H31F5O3. The van der Waals surface area contributed by atoms with Gasteiger partial charge in [0.2, 0.25) is 0 Å². The van der Waals surface area contributed by atoms with E-state index in [4.69, 9.17) is 9.47 Å². The van der Waals surface area contributed by atoms with Crippen LogP contribution >= 0.6 is 0 Å². The fraction of sp³-hybridized carbons (Fsp3) is 0.419. The number of aliphatic hydroxyl groups is 1. The zero-order chi connectivity index (χ0) is 27.7. The van der Waals surface area contributed by atoms with E-state index in [-0.39, 0.29) is 39.8 Å². The van der Waals surface area contributed by atoms with Gasteiger partial charge in [-0.1, -0.05) is 37.6 Å². The number of halogens is 5. The largest absolute Gasteiger partial charge is 0.493 e. The number of hydrogen-bond donors (Lipinski definition) is 1. The van der Waals surface area contributed by atoms with Crippen LogP contribution in [0.2, 0.25) is 0 Å². The fourth-order valence-corrected chi connectivity index (χ4v) is 5.49. The molecule has 2 unspecified atom stereocenters. The van der Waals surface area contributed by atoms with E-state index in [1.54, 1.807) is 6.07 Å². The van der Waals surface area contributed by atoms with Crippen molar-refractivity contribution in [3.8, 4) is 16.9 Å². The van der Waals surface area contributed by atoms with Crippen molar-refractivity contribution in [2.75, 3.05) is 13.2 Å². The summed E-state index contributed by atoms with van der Waals surface area (Å²) < 4.78 is 84.1. The third-order valence-corrected chi connectivity index (χ3v) is 7.86. The molecule has 1 saturated heterocycles. The molecule has 2 aliphatic rings. The number of aliphatic hydroxyl groups excluding tert-OH is 1. The van der Waals surface area contributed by atoms with Crippen LogP contribution in [0, 0.1) is 35.0 Å². The minimum Gasteiger partial charge on any atom is -0.493 e. The molecular weight excluding hydrogens is 515 g/mol. The second-order valence-electron chi connectivity index (χ2n) is 10.5. The maximum absolute atomic E-state index is 14.8. The molecule has 2 atom stereocenters. The maximum atomic E-state index is 14.8. The Balaban J connectivity index is 1.18. The quantitative estimate of drug-likeness (QED) is 0.217. The lowest BCUT2D eigenvalue weighted by atomic mass is 9.78. The van der Waals surface area contributed by atoms with E-state index < -0.39 is 41.3 Å². The first-order valence-corrected chi connectivity index (χ1v) is 13.5. The monoisotopic (exact) mass is 546 g/mol. The van der Waals surface area contributed by atoms with Crippen molar-refractivity contribution in [1.29, 1.82) is 0 Å². The Morgan fingerprint density at radius 1 is 0.846 bits per heavy atom. The number of rotatable bonds is 9. The van der Waals surface area contributed by atoms with Gasteiger partial charge in [-0.25, -0.2) is 22.0 Å². The Labute approximate surface area is 224 Å². The highest BCUT2D eigenvalue weighted by molar-refractivity contribution is 5.66. The highest BCUT2D eigenvalue weighted by Crippen LogP contribution is 2.40. The molecule has 3 aromatic carbocycles. The van der Waals surface area contributed by atoms with Gasteiger partial charge in [0.15, 0.2) is 23.3 Å². The minimum absolute atomic E-state index is 0.00353. The SMILES string of the molecule is CCCC(O)c1ccc(C2CCC(COc3ccc(-c4ccc(C5CO5)c(F)c4F)c(F)c3)CC2)c(F)c1F. The number of epoxide rings is 1. The molecule has 5 rings (SSSR count). The Kier molecular flexibility index (Phi) is 8.24. The highest BCUT2D eigenvalue weighted by atomic mass is 19.2. The summed E-state index contributed by atoms with van der Waals surface area (Å²) in [4.78, 5) is 0. The Hall–Kier alpha value is -2.97. The van der Waals surface area contributed by atoms with Gasteiger partial charge < -0.3 is 14.6 Å². The normalized spacial score (nSPS) is 21.6. The van der Waals surface area contributed by atoms with Gasteiger partial charge in [0.05, 0.1) is 19.3 Å². The van der Waals surface area contributed by atoms with Crippen molar-refractivity contribution in [3.63, 3.8) is 0 Å². The summed E-state index contributed by atoms with van der Waals surface area (Å²) >= 11 is 0. The molecule has 0 spiro atoms. The summed E-state index contributed by atoms with van der Waals surface area (Å²) in [6.07, 6.45) is 2.33.